The smallest absolute Gasteiger partial charge is 0.291 e. The fraction of sp³-hybridized carbons (Fsp3) is 0.167. The summed E-state index contributed by atoms with van der Waals surface area (Å²) in [7, 11) is 1.60. The molecule has 1 aromatic heterocycles. The number of hydrogen-bond donors (Lipinski definition) is 1. The van der Waals surface area contributed by atoms with Crippen molar-refractivity contribution in [1.82, 2.24) is 0 Å². The Morgan fingerprint density at radius 2 is 1.82 bits per heavy atom. The van der Waals surface area contributed by atoms with Crippen LogP contribution in [-0.4, -0.2) is 13.0 Å². The summed E-state index contributed by atoms with van der Waals surface area (Å²) in [4.78, 5) is 12.4. The first-order valence-corrected chi connectivity index (χ1v) is 7.03. The third-order valence-corrected chi connectivity index (χ3v) is 3.65. The third kappa shape index (κ3) is 2.55. The van der Waals surface area contributed by atoms with Gasteiger partial charge in [0.25, 0.3) is 5.91 Å². The Balaban J connectivity index is 1.89. The molecule has 1 N–H and O–H groups in total. The second-order valence-corrected chi connectivity index (χ2v) is 5.24. The molecule has 0 aliphatic carbocycles. The lowest BCUT2D eigenvalue weighted by Gasteiger charge is -2.05. The summed E-state index contributed by atoms with van der Waals surface area (Å²) < 4.78 is 10.8. The molecule has 0 bridgehead atoms. The minimum atomic E-state index is -0.253. The highest BCUT2D eigenvalue weighted by molar-refractivity contribution is 6.06. The highest BCUT2D eigenvalue weighted by atomic mass is 16.5. The van der Waals surface area contributed by atoms with Gasteiger partial charge in [-0.25, -0.2) is 0 Å². The van der Waals surface area contributed by atoms with Crippen molar-refractivity contribution in [2.45, 2.75) is 13.8 Å². The molecule has 0 aliphatic heterocycles. The maximum Gasteiger partial charge on any atom is 0.291 e. The van der Waals surface area contributed by atoms with Crippen molar-refractivity contribution in [3.05, 3.63) is 59.4 Å². The van der Waals surface area contributed by atoms with Crippen LogP contribution in [0.4, 0.5) is 5.69 Å². The Morgan fingerprint density at radius 3 is 2.50 bits per heavy atom. The van der Waals surface area contributed by atoms with Crippen LogP contribution in [-0.2, 0) is 0 Å². The molecular weight excluding hydrogens is 278 g/mol. The zero-order valence-electron chi connectivity index (χ0n) is 12.8. The molecule has 0 spiro atoms. The molecule has 112 valence electrons. The number of hydrogen-bond acceptors (Lipinski definition) is 3. The van der Waals surface area contributed by atoms with Crippen LogP contribution in [0.2, 0.25) is 0 Å². The molecule has 0 saturated heterocycles. The number of fused-ring (bicyclic) bond motifs is 1. The minimum Gasteiger partial charge on any atom is -0.497 e. The summed E-state index contributed by atoms with van der Waals surface area (Å²) in [6.07, 6.45) is 0. The first-order valence-electron chi connectivity index (χ1n) is 7.03. The number of benzene rings is 2. The van der Waals surface area contributed by atoms with E-state index in [1.165, 1.54) is 0 Å². The molecular formula is C18H17NO3. The van der Waals surface area contributed by atoms with Gasteiger partial charge in [0.05, 0.1) is 7.11 Å². The van der Waals surface area contributed by atoms with E-state index in [2.05, 4.69) is 5.32 Å². The van der Waals surface area contributed by atoms with Crippen molar-refractivity contribution in [2.75, 3.05) is 12.4 Å². The Morgan fingerprint density at radius 1 is 1.09 bits per heavy atom. The average Bonchev–Trinajstić information content (AvgIpc) is 2.85. The number of rotatable bonds is 3. The van der Waals surface area contributed by atoms with Crippen LogP contribution >= 0.6 is 0 Å². The van der Waals surface area contributed by atoms with Crippen LogP contribution in [0.15, 0.2) is 46.9 Å². The van der Waals surface area contributed by atoms with E-state index in [-0.39, 0.29) is 5.91 Å². The molecule has 1 heterocycles. The van der Waals surface area contributed by atoms with Gasteiger partial charge in [0.2, 0.25) is 0 Å². The third-order valence-electron chi connectivity index (χ3n) is 3.65. The van der Waals surface area contributed by atoms with Gasteiger partial charge in [0.15, 0.2) is 5.76 Å². The number of carbonyl (C=O) groups excluding carboxylic acids is 1. The molecule has 0 atom stereocenters. The van der Waals surface area contributed by atoms with Gasteiger partial charge in [-0.05, 0) is 50.2 Å². The Labute approximate surface area is 128 Å². The van der Waals surface area contributed by atoms with E-state index in [0.717, 1.165) is 27.8 Å². The normalized spacial score (nSPS) is 10.7. The Kier molecular flexibility index (Phi) is 3.59. The van der Waals surface area contributed by atoms with Crippen LogP contribution in [0.1, 0.15) is 21.7 Å². The summed E-state index contributed by atoms with van der Waals surface area (Å²) >= 11 is 0. The van der Waals surface area contributed by atoms with Crippen LogP contribution in [0.3, 0.4) is 0 Å². The van der Waals surface area contributed by atoms with Crippen LogP contribution in [0.5, 0.6) is 5.75 Å². The molecule has 3 rings (SSSR count). The molecule has 4 heteroatoms. The summed E-state index contributed by atoms with van der Waals surface area (Å²) in [6.45, 7) is 3.91. The van der Waals surface area contributed by atoms with Crippen molar-refractivity contribution in [3.8, 4) is 5.75 Å². The largest absolute Gasteiger partial charge is 0.497 e. The fourth-order valence-corrected chi connectivity index (χ4v) is 2.41. The number of aryl methyl sites for hydroxylation is 2. The van der Waals surface area contributed by atoms with E-state index < -0.39 is 0 Å². The van der Waals surface area contributed by atoms with E-state index in [1.807, 2.05) is 32.0 Å². The number of amides is 1. The number of nitrogens with one attached hydrogen (secondary N) is 1. The first kappa shape index (κ1) is 14.2. The molecule has 22 heavy (non-hydrogen) atoms. The summed E-state index contributed by atoms with van der Waals surface area (Å²) in [5, 5.41) is 3.81. The van der Waals surface area contributed by atoms with Gasteiger partial charge in [-0.2, -0.15) is 0 Å². The molecule has 2 aromatic carbocycles. The first-order chi connectivity index (χ1) is 10.6. The zero-order valence-corrected chi connectivity index (χ0v) is 12.8. The second-order valence-electron chi connectivity index (χ2n) is 5.24. The monoisotopic (exact) mass is 295 g/mol. The molecule has 0 saturated carbocycles. The highest BCUT2D eigenvalue weighted by Crippen LogP contribution is 2.27. The standard InChI is InChI=1S/C18H17NO3/c1-11-4-9-16-15(10-11)12(2)17(22-16)18(20)19-13-5-7-14(21-3)8-6-13/h4-10H,1-3H3,(H,19,20). The molecule has 0 aliphatic rings. The van der Waals surface area contributed by atoms with Gasteiger partial charge in [-0.1, -0.05) is 11.6 Å². The quantitative estimate of drug-likeness (QED) is 0.783. The van der Waals surface area contributed by atoms with Crippen LogP contribution in [0, 0.1) is 13.8 Å². The number of methoxy groups -OCH3 is 1. The summed E-state index contributed by atoms with van der Waals surface area (Å²) in [5.41, 5.74) is 3.41. The average molecular weight is 295 g/mol. The molecule has 3 aromatic rings. The van der Waals surface area contributed by atoms with E-state index in [0.29, 0.717) is 11.4 Å². The molecule has 0 unspecified atom stereocenters. The lowest BCUT2D eigenvalue weighted by molar-refractivity contribution is 0.0998. The number of ether oxygens (including phenoxy) is 1. The highest BCUT2D eigenvalue weighted by Gasteiger charge is 2.17. The van der Waals surface area contributed by atoms with E-state index >= 15 is 0 Å². The molecule has 0 fully saturated rings. The van der Waals surface area contributed by atoms with Crippen molar-refractivity contribution >= 4 is 22.6 Å². The Bertz CT molecular complexity index is 831. The lowest BCUT2D eigenvalue weighted by Crippen LogP contribution is -2.11. The predicted molar refractivity (Wildman–Crippen MR) is 86.6 cm³/mol. The lowest BCUT2D eigenvalue weighted by atomic mass is 10.1. The van der Waals surface area contributed by atoms with Gasteiger partial charge < -0.3 is 14.5 Å². The van der Waals surface area contributed by atoms with Crippen molar-refractivity contribution in [3.63, 3.8) is 0 Å². The predicted octanol–water partition coefficient (Wildman–Crippen LogP) is 4.31. The number of carbonyl (C=O) groups is 1. The van der Waals surface area contributed by atoms with Crippen molar-refractivity contribution in [1.29, 1.82) is 0 Å². The molecule has 4 nitrogen and oxygen atoms in total. The maximum absolute atomic E-state index is 12.4. The van der Waals surface area contributed by atoms with Gasteiger partial charge >= 0.3 is 0 Å². The number of furan rings is 1. The molecule has 1 amide bonds. The SMILES string of the molecule is COc1ccc(NC(=O)c2oc3ccc(C)cc3c2C)cc1. The fourth-order valence-electron chi connectivity index (χ4n) is 2.41. The van der Waals surface area contributed by atoms with Crippen molar-refractivity contribution < 1.29 is 13.9 Å². The van der Waals surface area contributed by atoms with E-state index in [1.54, 1.807) is 31.4 Å². The summed E-state index contributed by atoms with van der Waals surface area (Å²) in [5.74, 6) is 0.835. The zero-order chi connectivity index (χ0) is 15.7. The topological polar surface area (TPSA) is 51.5 Å². The summed E-state index contributed by atoms with van der Waals surface area (Å²) in [6, 6.07) is 13.1. The number of anilines is 1. The van der Waals surface area contributed by atoms with Gasteiger partial charge in [-0.3, -0.25) is 4.79 Å². The molecule has 0 radical (unpaired) electrons. The van der Waals surface area contributed by atoms with Gasteiger partial charge in [-0.15, -0.1) is 0 Å². The maximum atomic E-state index is 12.4. The Hall–Kier alpha value is -2.75. The van der Waals surface area contributed by atoms with Crippen LogP contribution < -0.4 is 10.1 Å². The second kappa shape index (κ2) is 5.56. The van der Waals surface area contributed by atoms with E-state index in [9.17, 15) is 4.79 Å². The minimum absolute atomic E-state index is 0.253. The van der Waals surface area contributed by atoms with Crippen LogP contribution in [0.25, 0.3) is 11.0 Å². The van der Waals surface area contributed by atoms with Crippen molar-refractivity contribution in [2.24, 2.45) is 0 Å². The van der Waals surface area contributed by atoms with Gasteiger partial charge in [0, 0.05) is 16.6 Å². The van der Waals surface area contributed by atoms with E-state index in [4.69, 9.17) is 9.15 Å². The van der Waals surface area contributed by atoms with Gasteiger partial charge in [0.1, 0.15) is 11.3 Å².